The van der Waals surface area contributed by atoms with Gasteiger partial charge in [0.25, 0.3) is 0 Å². The Morgan fingerprint density at radius 3 is 3.09 bits per heavy atom. The molecular weight excluding hydrogens is 288 g/mol. The number of benzene rings is 1. The highest BCUT2D eigenvalue weighted by molar-refractivity contribution is 5.77. The summed E-state index contributed by atoms with van der Waals surface area (Å²) in [5.74, 6) is 0.859. The molecule has 0 saturated heterocycles. The zero-order chi connectivity index (χ0) is 16.2. The van der Waals surface area contributed by atoms with Gasteiger partial charge in [-0.25, -0.2) is 0 Å². The summed E-state index contributed by atoms with van der Waals surface area (Å²) < 4.78 is 6.10. The van der Waals surface area contributed by atoms with E-state index in [1.165, 1.54) is 11.1 Å². The fraction of sp³-hybridized carbons (Fsp3) is 0.263. The van der Waals surface area contributed by atoms with Gasteiger partial charge in [0.05, 0.1) is 12.2 Å². The summed E-state index contributed by atoms with van der Waals surface area (Å²) >= 11 is 0. The van der Waals surface area contributed by atoms with E-state index >= 15 is 0 Å². The average molecular weight is 308 g/mol. The number of nitrogens with zero attached hydrogens (tertiary/aromatic N) is 1. The van der Waals surface area contributed by atoms with Gasteiger partial charge in [-0.15, -0.1) is 6.58 Å². The van der Waals surface area contributed by atoms with Gasteiger partial charge in [-0.3, -0.25) is 9.78 Å². The third-order valence-electron chi connectivity index (χ3n) is 3.84. The average Bonchev–Trinajstić information content (AvgIpc) is 2.96. The Balaban J connectivity index is 1.79. The number of nitrogens with one attached hydrogen (secondary N) is 1. The molecule has 4 nitrogen and oxygen atoms in total. The van der Waals surface area contributed by atoms with Crippen LogP contribution in [0, 0.1) is 6.92 Å². The van der Waals surface area contributed by atoms with E-state index in [2.05, 4.69) is 35.9 Å². The number of carbonyl (C=O) groups excluding carboxylic acids is 1. The first-order valence-corrected chi connectivity index (χ1v) is 7.76. The van der Waals surface area contributed by atoms with Gasteiger partial charge in [0, 0.05) is 24.6 Å². The molecule has 4 heteroatoms. The fourth-order valence-corrected chi connectivity index (χ4v) is 2.85. The number of carbonyl (C=O) groups is 1. The predicted molar refractivity (Wildman–Crippen MR) is 90.4 cm³/mol. The summed E-state index contributed by atoms with van der Waals surface area (Å²) in [6.07, 6.45) is 4.47. The molecule has 118 valence electrons. The molecule has 2 heterocycles. The Hall–Kier alpha value is -2.62. The molecule has 1 amide bonds. The number of fused-ring (bicyclic) bond motifs is 1. The van der Waals surface area contributed by atoms with E-state index in [1.807, 2.05) is 18.2 Å². The summed E-state index contributed by atoms with van der Waals surface area (Å²) in [4.78, 5) is 16.0. The summed E-state index contributed by atoms with van der Waals surface area (Å²) in [7, 11) is 0. The standard InChI is InChI=1S/C19H20N2O2/c1-3-6-18(22)21-12-15-11-14-9-13(2)10-16(19(14)23-15)17-7-4-5-8-20-17/h3-5,7-10,15H,1,6,11-12H2,2H3,(H,21,22)/t15-/m1/s1. The van der Waals surface area contributed by atoms with Crippen LogP contribution in [-0.2, 0) is 11.2 Å². The molecule has 0 saturated carbocycles. The molecule has 23 heavy (non-hydrogen) atoms. The highest BCUT2D eigenvalue weighted by Crippen LogP contribution is 2.38. The number of hydrogen-bond acceptors (Lipinski definition) is 3. The smallest absolute Gasteiger partial charge is 0.223 e. The van der Waals surface area contributed by atoms with Crippen molar-refractivity contribution in [2.45, 2.75) is 25.9 Å². The van der Waals surface area contributed by atoms with Crippen LogP contribution in [0.25, 0.3) is 11.3 Å². The van der Waals surface area contributed by atoms with Crippen molar-refractivity contribution in [3.05, 3.63) is 60.3 Å². The monoisotopic (exact) mass is 308 g/mol. The van der Waals surface area contributed by atoms with Crippen LogP contribution in [0.4, 0.5) is 0 Å². The van der Waals surface area contributed by atoms with Gasteiger partial charge in [-0.05, 0) is 36.2 Å². The van der Waals surface area contributed by atoms with E-state index in [4.69, 9.17) is 4.74 Å². The Bertz CT molecular complexity index is 726. The molecule has 1 atom stereocenters. The SMILES string of the molecule is C=CCC(=O)NC[C@H]1Cc2cc(C)cc(-c3ccccn3)c2O1. The molecule has 1 aromatic heterocycles. The van der Waals surface area contributed by atoms with Gasteiger partial charge in [0.2, 0.25) is 5.91 Å². The topological polar surface area (TPSA) is 51.2 Å². The minimum absolute atomic E-state index is 0.0271. The van der Waals surface area contributed by atoms with E-state index in [-0.39, 0.29) is 12.0 Å². The van der Waals surface area contributed by atoms with Crippen molar-refractivity contribution in [3.8, 4) is 17.0 Å². The number of aryl methyl sites for hydroxylation is 1. The lowest BCUT2D eigenvalue weighted by Crippen LogP contribution is -2.34. The number of pyridine rings is 1. The zero-order valence-corrected chi connectivity index (χ0v) is 13.2. The van der Waals surface area contributed by atoms with Crippen LogP contribution in [0.5, 0.6) is 5.75 Å². The third-order valence-corrected chi connectivity index (χ3v) is 3.84. The molecule has 0 fully saturated rings. The van der Waals surface area contributed by atoms with Crippen molar-refractivity contribution < 1.29 is 9.53 Å². The zero-order valence-electron chi connectivity index (χ0n) is 13.2. The van der Waals surface area contributed by atoms with Gasteiger partial charge in [0.15, 0.2) is 0 Å². The maximum atomic E-state index is 11.6. The maximum Gasteiger partial charge on any atom is 0.223 e. The number of aromatic nitrogens is 1. The van der Waals surface area contributed by atoms with Crippen molar-refractivity contribution in [1.29, 1.82) is 0 Å². The molecular formula is C19H20N2O2. The van der Waals surface area contributed by atoms with E-state index in [1.54, 1.807) is 12.3 Å². The molecule has 1 aromatic carbocycles. The summed E-state index contributed by atoms with van der Waals surface area (Å²) in [6, 6.07) is 10.1. The van der Waals surface area contributed by atoms with E-state index < -0.39 is 0 Å². The minimum Gasteiger partial charge on any atom is -0.487 e. The van der Waals surface area contributed by atoms with Crippen molar-refractivity contribution in [3.63, 3.8) is 0 Å². The first-order valence-electron chi connectivity index (χ1n) is 7.76. The second-order valence-electron chi connectivity index (χ2n) is 5.76. The van der Waals surface area contributed by atoms with Crippen LogP contribution in [0.1, 0.15) is 17.5 Å². The third kappa shape index (κ3) is 3.42. The Morgan fingerprint density at radius 1 is 1.48 bits per heavy atom. The van der Waals surface area contributed by atoms with Gasteiger partial charge in [-0.2, -0.15) is 0 Å². The lowest BCUT2D eigenvalue weighted by atomic mass is 10.0. The molecule has 0 unspecified atom stereocenters. The molecule has 0 bridgehead atoms. The molecule has 1 aliphatic heterocycles. The van der Waals surface area contributed by atoms with Crippen LogP contribution in [-0.4, -0.2) is 23.5 Å². The van der Waals surface area contributed by atoms with Crippen molar-refractivity contribution in [2.75, 3.05) is 6.54 Å². The summed E-state index contributed by atoms with van der Waals surface area (Å²) in [6.45, 7) is 6.15. The highest BCUT2D eigenvalue weighted by Gasteiger charge is 2.26. The Labute approximate surface area is 136 Å². The van der Waals surface area contributed by atoms with Crippen LogP contribution < -0.4 is 10.1 Å². The van der Waals surface area contributed by atoms with E-state index in [0.717, 1.165) is 23.4 Å². The first-order chi connectivity index (χ1) is 11.2. The molecule has 2 aromatic rings. The number of amides is 1. The van der Waals surface area contributed by atoms with Crippen LogP contribution in [0.3, 0.4) is 0 Å². The molecule has 1 N–H and O–H groups in total. The van der Waals surface area contributed by atoms with Gasteiger partial charge >= 0.3 is 0 Å². The normalized spacial score (nSPS) is 15.6. The maximum absolute atomic E-state index is 11.6. The Kier molecular flexibility index (Phi) is 4.42. The second kappa shape index (κ2) is 6.65. The van der Waals surface area contributed by atoms with Crippen molar-refractivity contribution in [2.24, 2.45) is 0 Å². The number of ether oxygens (including phenoxy) is 1. The molecule has 3 rings (SSSR count). The van der Waals surface area contributed by atoms with Crippen molar-refractivity contribution in [1.82, 2.24) is 10.3 Å². The predicted octanol–water partition coefficient (Wildman–Crippen LogP) is 3.05. The van der Waals surface area contributed by atoms with Gasteiger partial charge in [-0.1, -0.05) is 18.2 Å². The van der Waals surface area contributed by atoms with Gasteiger partial charge < -0.3 is 10.1 Å². The van der Waals surface area contributed by atoms with Gasteiger partial charge in [0.1, 0.15) is 11.9 Å². The lowest BCUT2D eigenvalue weighted by molar-refractivity contribution is -0.120. The quantitative estimate of drug-likeness (QED) is 0.864. The molecule has 0 aliphatic carbocycles. The van der Waals surface area contributed by atoms with Crippen LogP contribution in [0.15, 0.2) is 49.2 Å². The first kappa shape index (κ1) is 15.3. The second-order valence-corrected chi connectivity index (χ2v) is 5.76. The van der Waals surface area contributed by atoms with E-state index in [0.29, 0.717) is 13.0 Å². The van der Waals surface area contributed by atoms with Crippen LogP contribution >= 0.6 is 0 Å². The van der Waals surface area contributed by atoms with Crippen LogP contribution in [0.2, 0.25) is 0 Å². The number of rotatable bonds is 5. The molecule has 1 aliphatic rings. The Morgan fingerprint density at radius 2 is 2.35 bits per heavy atom. The summed E-state index contributed by atoms with van der Waals surface area (Å²) in [5, 5.41) is 2.88. The van der Waals surface area contributed by atoms with Crippen molar-refractivity contribution >= 4 is 5.91 Å². The summed E-state index contributed by atoms with van der Waals surface area (Å²) in [5.41, 5.74) is 4.28. The molecule has 0 spiro atoms. The molecule has 0 radical (unpaired) electrons. The lowest BCUT2D eigenvalue weighted by Gasteiger charge is -2.13. The number of hydrogen-bond donors (Lipinski definition) is 1. The highest BCUT2D eigenvalue weighted by atomic mass is 16.5. The van der Waals surface area contributed by atoms with E-state index in [9.17, 15) is 4.79 Å². The fourth-order valence-electron chi connectivity index (χ4n) is 2.85. The minimum atomic E-state index is -0.0389. The largest absolute Gasteiger partial charge is 0.487 e.